The van der Waals surface area contributed by atoms with Crippen molar-refractivity contribution in [2.45, 2.75) is 6.54 Å². The minimum absolute atomic E-state index is 0.370. The normalized spacial score (nSPS) is 10.7. The number of hydrogen-bond acceptors (Lipinski definition) is 5. The van der Waals surface area contributed by atoms with Gasteiger partial charge in [0.25, 0.3) is 0 Å². The van der Waals surface area contributed by atoms with E-state index in [-0.39, 0.29) is 0 Å². The summed E-state index contributed by atoms with van der Waals surface area (Å²) < 4.78 is 2.16. The van der Waals surface area contributed by atoms with Gasteiger partial charge >= 0.3 is 11.7 Å². The van der Waals surface area contributed by atoms with Gasteiger partial charge in [0.05, 0.1) is 0 Å². The van der Waals surface area contributed by atoms with E-state index in [1.165, 1.54) is 10.6 Å². The van der Waals surface area contributed by atoms with Gasteiger partial charge in [0.1, 0.15) is 6.54 Å². The van der Waals surface area contributed by atoms with Crippen LogP contribution in [0.4, 0.5) is 5.95 Å². The molecule has 90 valence electrons. The van der Waals surface area contributed by atoms with Gasteiger partial charge in [-0.1, -0.05) is 0 Å². The van der Waals surface area contributed by atoms with Crippen molar-refractivity contribution in [1.82, 2.24) is 19.2 Å². The third-order valence-electron chi connectivity index (χ3n) is 2.16. The van der Waals surface area contributed by atoms with Gasteiger partial charge < -0.3 is 10.0 Å². The Balaban J connectivity index is 2.70. The molecule has 0 fully saturated rings. The Labute approximate surface area is 95.7 Å². The van der Waals surface area contributed by atoms with E-state index in [1.807, 2.05) is 0 Å². The molecule has 1 N–H and O–H groups in total. The summed E-state index contributed by atoms with van der Waals surface area (Å²) in [7, 11) is 3.48. The van der Waals surface area contributed by atoms with Crippen LogP contribution in [0.15, 0.2) is 17.1 Å². The van der Waals surface area contributed by atoms with E-state index in [2.05, 4.69) is 10.1 Å². The highest BCUT2D eigenvalue weighted by Gasteiger charge is 2.13. The molecule has 17 heavy (non-hydrogen) atoms. The minimum atomic E-state index is -1.12. The molecule has 0 spiro atoms. The molecule has 0 aliphatic carbocycles. The molecular formula is C9H11N5O3. The molecule has 0 aliphatic rings. The number of carboxylic acid groups (broad SMARTS) is 1. The van der Waals surface area contributed by atoms with Gasteiger partial charge in [-0.2, -0.15) is 0 Å². The number of hydrogen-bond donors (Lipinski definition) is 1. The Morgan fingerprint density at radius 2 is 2.24 bits per heavy atom. The Hall–Kier alpha value is -2.38. The van der Waals surface area contributed by atoms with Gasteiger partial charge in [0.2, 0.25) is 5.95 Å². The highest BCUT2D eigenvalue weighted by molar-refractivity contribution is 5.66. The first-order valence-electron chi connectivity index (χ1n) is 4.84. The van der Waals surface area contributed by atoms with Crippen molar-refractivity contribution < 1.29 is 9.90 Å². The molecule has 8 nitrogen and oxygen atoms in total. The fourth-order valence-corrected chi connectivity index (χ4v) is 1.50. The lowest BCUT2D eigenvalue weighted by Crippen LogP contribution is -2.27. The van der Waals surface area contributed by atoms with Crippen molar-refractivity contribution in [2.75, 3.05) is 19.0 Å². The second kappa shape index (κ2) is 3.89. The minimum Gasteiger partial charge on any atom is -0.480 e. The number of anilines is 1. The number of aliphatic carboxylic acids is 1. The third kappa shape index (κ3) is 1.84. The number of aromatic nitrogens is 4. The molecule has 8 heteroatoms. The molecule has 0 aromatic carbocycles. The van der Waals surface area contributed by atoms with Crippen LogP contribution < -0.4 is 10.6 Å². The lowest BCUT2D eigenvalue weighted by Gasteiger charge is -2.10. The van der Waals surface area contributed by atoms with Crippen LogP contribution in [0.2, 0.25) is 0 Å². The third-order valence-corrected chi connectivity index (χ3v) is 2.16. The lowest BCUT2D eigenvalue weighted by atomic mass is 10.6. The molecule has 2 aromatic heterocycles. The summed E-state index contributed by atoms with van der Waals surface area (Å²) in [6.07, 6.45) is 1.52. The standard InChI is InChI=1S/C9H11N5O3/c1-12(2)8-10-4-3-6-11-13(5-7(15)16)9(17)14(6)8/h3-4H,5H2,1-2H3,(H,15,16). The quantitative estimate of drug-likeness (QED) is 0.739. The molecule has 0 unspecified atom stereocenters. The topological polar surface area (TPSA) is 92.7 Å². The predicted octanol–water partition coefficient (Wildman–Crippen LogP) is -0.958. The fraction of sp³-hybridized carbons (Fsp3) is 0.333. The summed E-state index contributed by atoms with van der Waals surface area (Å²) in [5.41, 5.74) is -0.144. The molecule has 2 rings (SSSR count). The average molecular weight is 237 g/mol. The molecule has 0 saturated carbocycles. The van der Waals surface area contributed by atoms with E-state index in [9.17, 15) is 9.59 Å². The SMILES string of the molecule is CN(C)c1nccc2nn(CC(=O)O)c(=O)n12. The fourth-order valence-electron chi connectivity index (χ4n) is 1.50. The highest BCUT2D eigenvalue weighted by Crippen LogP contribution is 2.06. The van der Waals surface area contributed by atoms with Crippen LogP contribution in [0.25, 0.3) is 5.65 Å². The van der Waals surface area contributed by atoms with E-state index in [0.717, 1.165) is 4.68 Å². The summed E-state index contributed by atoms with van der Waals surface area (Å²) in [4.78, 5) is 28.2. The Kier molecular flexibility index (Phi) is 2.54. The smallest absolute Gasteiger partial charge is 0.353 e. The van der Waals surface area contributed by atoms with Crippen LogP contribution in [0.1, 0.15) is 0 Å². The number of nitrogens with zero attached hydrogens (tertiary/aromatic N) is 5. The number of rotatable bonds is 3. The maximum Gasteiger partial charge on any atom is 0.353 e. The van der Waals surface area contributed by atoms with Gasteiger partial charge in [0.15, 0.2) is 5.65 Å². The van der Waals surface area contributed by atoms with Gasteiger partial charge in [-0.05, 0) is 0 Å². The second-order valence-electron chi connectivity index (χ2n) is 3.67. The summed E-state index contributed by atoms with van der Waals surface area (Å²) in [6.45, 7) is -0.465. The van der Waals surface area contributed by atoms with Crippen LogP contribution in [-0.4, -0.2) is 44.3 Å². The molecule has 0 atom stereocenters. The maximum absolute atomic E-state index is 11.9. The van der Waals surface area contributed by atoms with Crippen molar-refractivity contribution in [1.29, 1.82) is 0 Å². The zero-order valence-corrected chi connectivity index (χ0v) is 9.36. The molecule has 2 heterocycles. The van der Waals surface area contributed by atoms with Crippen molar-refractivity contribution in [2.24, 2.45) is 0 Å². The van der Waals surface area contributed by atoms with Crippen LogP contribution >= 0.6 is 0 Å². The number of fused-ring (bicyclic) bond motifs is 1. The van der Waals surface area contributed by atoms with Gasteiger partial charge in [-0.25, -0.2) is 18.9 Å². The first-order valence-corrected chi connectivity index (χ1v) is 4.84. The van der Waals surface area contributed by atoms with E-state index >= 15 is 0 Å². The summed E-state index contributed by atoms with van der Waals surface area (Å²) in [6, 6.07) is 1.55. The predicted molar refractivity (Wildman–Crippen MR) is 59.2 cm³/mol. The summed E-state index contributed by atoms with van der Waals surface area (Å²) in [5.74, 6) is -0.709. The van der Waals surface area contributed by atoms with Crippen molar-refractivity contribution >= 4 is 17.6 Å². The van der Waals surface area contributed by atoms with Gasteiger partial charge in [0, 0.05) is 26.4 Å². The number of carboxylic acids is 1. The van der Waals surface area contributed by atoms with Crippen LogP contribution in [0.5, 0.6) is 0 Å². The lowest BCUT2D eigenvalue weighted by molar-refractivity contribution is -0.137. The molecule has 0 saturated heterocycles. The van der Waals surface area contributed by atoms with E-state index in [0.29, 0.717) is 11.6 Å². The molecule has 0 amide bonds. The van der Waals surface area contributed by atoms with Gasteiger partial charge in [-0.15, -0.1) is 5.10 Å². The first kappa shape index (κ1) is 11.1. The zero-order chi connectivity index (χ0) is 12.6. The van der Waals surface area contributed by atoms with Crippen molar-refractivity contribution in [3.63, 3.8) is 0 Å². The summed E-state index contributed by atoms with van der Waals surface area (Å²) >= 11 is 0. The highest BCUT2D eigenvalue weighted by atomic mass is 16.4. The van der Waals surface area contributed by atoms with Crippen LogP contribution in [0, 0.1) is 0 Å². The molecule has 0 bridgehead atoms. The largest absolute Gasteiger partial charge is 0.480 e. The average Bonchev–Trinajstić information content (AvgIpc) is 2.55. The molecular weight excluding hydrogens is 226 g/mol. The van der Waals surface area contributed by atoms with Crippen LogP contribution in [0.3, 0.4) is 0 Å². The zero-order valence-electron chi connectivity index (χ0n) is 9.36. The number of carbonyl (C=O) groups is 1. The van der Waals surface area contributed by atoms with E-state index in [1.54, 1.807) is 25.1 Å². The van der Waals surface area contributed by atoms with Crippen molar-refractivity contribution in [3.05, 3.63) is 22.7 Å². The van der Waals surface area contributed by atoms with Crippen molar-refractivity contribution in [3.8, 4) is 0 Å². The van der Waals surface area contributed by atoms with E-state index < -0.39 is 18.2 Å². The molecule has 0 radical (unpaired) electrons. The van der Waals surface area contributed by atoms with E-state index in [4.69, 9.17) is 5.11 Å². The summed E-state index contributed by atoms with van der Waals surface area (Å²) in [5, 5.41) is 12.6. The Morgan fingerprint density at radius 1 is 1.53 bits per heavy atom. The Morgan fingerprint density at radius 3 is 2.82 bits per heavy atom. The first-order chi connectivity index (χ1) is 8.00. The molecule has 0 aliphatic heterocycles. The second-order valence-corrected chi connectivity index (χ2v) is 3.67. The van der Waals surface area contributed by atoms with Crippen LogP contribution in [-0.2, 0) is 11.3 Å². The maximum atomic E-state index is 11.9. The monoisotopic (exact) mass is 237 g/mol. The van der Waals surface area contributed by atoms with Gasteiger partial charge in [-0.3, -0.25) is 4.79 Å². The Bertz CT molecular complexity index is 627. The molecule has 2 aromatic rings.